The van der Waals surface area contributed by atoms with Gasteiger partial charge in [0.15, 0.2) is 6.10 Å². The molecule has 1 heterocycles. The van der Waals surface area contributed by atoms with Gasteiger partial charge in [-0.15, -0.1) is 0 Å². The van der Waals surface area contributed by atoms with Crippen LogP contribution >= 0.6 is 0 Å². The zero-order valence-corrected chi connectivity index (χ0v) is 17.7. The van der Waals surface area contributed by atoms with Crippen LogP contribution in [0.3, 0.4) is 0 Å². The monoisotopic (exact) mass is 408 g/mol. The third-order valence-corrected chi connectivity index (χ3v) is 5.41. The molecule has 1 aliphatic heterocycles. The summed E-state index contributed by atoms with van der Waals surface area (Å²) >= 11 is 0. The predicted octanol–water partition coefficient (Wildman–Crippen LogP) is 3.48. The van der Waals surface area contributed by atoms with E-state index in [1.165, 1.54) is 0 Å². The molecule has 1 fully saturated rings. The highest BCUT2D eigenvalue weighted by molar-refractivity contribution is 5.97. The van der Waals surface area contributed by atoms with Crippen LogP contribution in [0.15, 0.2) is 48.5 Å². The van der Waals surface area contributed by atoms with Gasteiger partial charge in [-0.3, -0.25) is 14.4 Å². The highest BCUT2D eigenvalue weighted by atomic mass is 16.5. The fraction of sp³-hybridized carbons (Fsp3) is 0.375. The summed E-state index contributed by atoms with van der Waals surface area (Å²) in [6.07, 6.45) is -0.0508. The lowest BCUT2D eigenvalue weighted by Gasteiger charge is -2.19. The molecule has 158 valence electrons. The first-order valence-corrected chi connectivity index (χ1v) is 10.3. The molecule has 2 atom stereocenters. The number of hydrogen-bond acceptors (Lipinski definition) is 4. The number of esters is 1. The summed E-state index contributed by atoms with van der Waals surface area (Å²) < 4.78 is 5.40. The van der Waals surface area contributed by atoms with Crippen LogP contribution in [0.25, 0.3) is 0 Å². The normalized spacial score (nSPS) is 17.0. The van der Waals surface area contributed by atoms with Gasteiger partial charge in [-0.1, -0.05) is 55.5 Å². The Bertz CT molecular complexity index is 926. The minimum absolute atomic E-state index is 0.0783. The number of aryl methyl sites for hydroxylation is 2. The second-order valence-corrected chi connectivity index (χ2v) is 7.69. The number of hydrogen-bond donors (Lipinski definition) is 1. The van der Waals surface area contributed by atoms with Crippen molar-refractivity contribution in [2.24, 2.45) is 5.92 Å². The van der Waals surface area contributed by atoms with Crippen LogP contribution in [-0.4, -0.2) is 35.3 Å². The van der Waals surface area contributed by atoms with Gasteiger partial charge < -0.3 is 15.0 Å². The fourth-order valence-electron chi connectivity index (χ4n) is 3.64. The van der Waals surface area contributed by atoms with E-state index in [1.54, 1.807) is 11.8 Å². The molecule has 6 nitrogen and oxygen atoms in total. The Morgan fingerprint density at radius 1 is 1.17 bits per heavy atom. The van der Waals surface area contributed by atoms with E-state index in [-0.39, 0.29) is 18.2 Å². The maximum absolute atomic E-state index is 12.6. The fourth-order valence-corrected chi connectivity index (χ4v) is 3.64. The molecule has 2 aromatic rings. The second kappa shape index (κ2) is 9.57. The Morgan fingerprint density at radius 3 is 2.60 bits per heavy atom. The molecule has 30 heavy (non-hydrogen) atoms. The standard InChI is InChI=1S/C24H28N2O4/c1-4-19-12-8-9-16(2)22(19)25-23(28)17(3)30-24(29)20-13-21(27)26(15-20)14-18-10-6-5-7-11-18/h5-12,17,20H,4,13-15H2,1-3H3,(H,25,28)/t17-,20-/m1/s1. The molecular weight excluding hydrogens is 380 g/mol. The summed E-state index contributed by atoms with van der Waals surface area (Å²) in [5, 5.41) is 2.88. The molecule has 0 bridgehead atoms. The zero-order valence-electron chi connectivity index (χ0n) is 17.7. The van der Waals surface area contributed by atoms with Gasteiger partial charge in [0.2, 0.25) is 5.91 Å². The van der Waals surface area contributed by atoms with Crippen LogP contribution in [0, 0.1) is 12.8 Å². The van der Waals surface area contributed by atoms with Gasteiger partial charge in [0.1, 0.15) is 0 Å². The van der Waals surface area contributed by atoms with Gasteiger partial charge in [-0.2, -0.15) is 0 Å². The van der Waals surface area contributed by atoms with Crippen molar-refractivity contribution in [1.82, 2.24) is 4.90 Å². The number of nitrogens with one attached hydrogen (secondary N) is 1. The van der Waals surface area contributed by atoms with E-state index < -0.39 is 18.0 Å². The van der Waals surface area contributed by atoms with Crippen LogP contribution < -0.4 is 5.32 Å². The quantitative estimate of drug-likeness (QED) is 0.712. The molecule has 6 heteroatoms. The number of benzene rings is 2. The minimum atomic E-state index is -0.944. The van der Waals surface area contributed by atoms with Crippen molar-refractivity contribution in [1.29, 1.82) is 0 Å². The Hall–Kier alpha value is -3.15. The van der Waals surface area contributed by atoms with Gasteiger partial charge in [-0.25, -0.2) is 0 Å². The average molecular weight is 408 g/mol. The Labute approximate surface area is 177 Å². The van der Waals surface area contributed by atoms with Crippen molar-refractivity contribution in [2.75, 3.05) is 11.9 Å². The lowest BCUT2D eigenvalue weighted by atomic mass is 10.1. The molecule has 0 saturated carbocycles. The van der Waals surface area contributed by atoms with Crippen LogP contribution in [0.5, 0.6) is 0 Å². The minimum Gasteiger partial charge on any atom is -0.452 e. The van der Waals surface area contributed by atoms with E-state index in [2.05, 4.69) is 5.32 Å². The number of ether oxygens (including phenoxy) is 1. The molecule has 0 radical (unpaired) electrons. The first-order chi connectivity index (χ1) is 14.4. The van der Waals surface area contributed by atoms with Crippen molar-refractivity contribution in [3.05, 3.63) is 65.2 Å². The van der Waals surface area contributed by atoms with E-state index in [9.17, 15) is 14.4 Å². The maximum atomic E-state index is 12.6. The maximum Gasteiger partial charge on any atom is 0.312 e. The Morgan fingerprint density at radius 2 is 1.90 bits per heavy atom. The molecule has 0 aromatic heterocycles. The van der Waals surface area contributed by atoms with Crippen molar-refractivity contribution >= 4 is 23.5 Å². The van der Waals surface area contributed by atoms with Crippen molar-refractivity contribution < 1.29 is 19.1 Å². The van der Waals surface area contributed by atoms with Crippen LogP contribution in [0.4, 0.5) is 5.69 Å². The Balaban J connectivity index is 1.56. The third-order valence-electron chi connectivity index (χ3n) is 5.41. The largest absolute Gasteiger partial charge is 0.452 e. The molecule has 1 saturated heterocycles. The van der Waals surface area contributed by atoms with E-state index in [0.29, 0.717) is 13.1 Å². The van der Waals surface area contributed by atoms with Crippen molar-refractivity contribution in [3.8, 4) is 0 Å². The molecule has 3 rings (SSSR count). The van der Waals surface area contributed by atoms with Gasteiger partial charge in [-0.05, 0) is 37.0 Å². The number of amides is 2. The third kappa shape index (κ3) is 5.06. The molecular formula is C24H28N2O4. The lowest BCUT2D eigenvalue weighted by molar-refractivity contribution is -0.157. The summed E-state index contributed by atoms with van der Waals surface area (Å²) in [6, 6.07) is 15.5. The van der Waals surface area contributed by atoms with Crippen LogP contribution in [0.2, 0.25) is 0 Å². The molecule has 1 aliphatic rings. The van der Waals surface area contributed by atoms with E-state index in [1.807, 2.05) is 62.4 Å². The SMILES string of the molecule is CCc1cccc(C)c1NC(=O)[C@@H](C)OC(=O)[C@@H]1CC(=O)N(Cc2ccccc2)C1. The van der Waals surface area contributed by atoms with Crippen LogP contribution in [0.1, 0.15) is 37.0 Å². The van der Waals surface area contributed by atoms with Gasteiger partial charge >= 0.3 is 5.97 Å². The van der Waals surface area contributed by atoms with Crippen molar-refractivity contribution in [2.45, 2.75) is 46.3 Å². The molecule has 2 amide bonds. The van der Waals surface area contributed by atoms with Gasteiger partial charge in [0.25, 0.3) is 5.91 Å². The second-order valence-electron chi connectivity index (χ2n) is 7.69. The summed E-state index contributed by atoms with van der Waals surface area (Å²) in [5.41, 5.74) is 3.76. The first kappa shape index (κ1) is 21.6. The highest BCUT2D eigenvalue weighted by Gasteiger charge is 2.36. The molecule has 0 aliphatic carbocycles. The summed E-state index contributed by atoms with van der Waals surface area (Å²) in [4.78, 5) is 39.1. The molecule has 2 aromatic carbocycles. The van der Waals surface area contributed by atoms with Gasteiger partial charge in [0, 0.05) is 25.2 Å². The lowest BCUT2D eigenvalue weighted by Crippen LogP contribution is -2.33. The first-order valence-electron chi connectivity index (χ1n) is 10.3. The van der Waals surface area contributed by atoms with E-state index >= 15 is 0 Å². The van der Waals surface area contributed by atoms with E-state index in [0.717, 1.165) is 28.8 Å². The number of rotatable bonds is 7. The zero-order chi connectivity index (χ0) is 21.7. The van der Waals surface area contributed by atoms with E-state index in [4.69, 9.17) is 4.74 Å². The average Bonchev–Trinajstić information content (AvgIpc) is 3.10. The smallest absolute Gasteiger partial charge is 0.312 e. The van der Waals surface area contributed by atoms with Gasteiger partial charge in [0.05, 0.1) is 5.92 Å². The van der Waals surface area contributed by atoms with Crippen molar-refractivity contribution in [3.63, 3.8) is 0 Å². The summed E-state index contributed by atoms with van der Waals surface area (Å²) in [7, 11) is 0. The predicted molar refractivity (Wildman–Crippen MR) is 115 cm³/mol. The molecule has 0 unspecified atom stereocenters. The summed E-state index contributed by atoms with van der Waals surface area (Å²) in [6.45, 7) is 6.27. The number of anilines is 1. The molecule has 1 N–H and O–H groups in total. The number of carbonyl (C=O) groups excluding carboxylic acids is 3. The summed E-state index contributed by atoms with van der Waals surface area (Å²) in [5.74, 6) is -1.52. The number of likely N-dealkylation sites (tertiary alicyclic amines) is 1. The highest BCUT2D eigenvalue weighted by Crippen LogP contribution is 2.23. The molecule has 0 spiro atoms. The Kier molecular flexibility index (Phi) is 6.87. The number of para-hydroxylation sites is 1. The number of nitrogens with zero attached hydrogens (tertiary/aromatic N) is 1. The van der Waals surface area contributed by atoms with Crippen LogP contribution in [-0.2, 0) is 32.1 Å². The number of carbonyl (C=O) groups is 3. The topological polar surface area (TPSA) is 75.7 Å².